The second kappa shape index (κ2) is 9.17. The Morgan fingerprint density at radius 3 is 2.62 bits per heavy atom. The summed E-state index contributed by atoms with van der Waals surface area (Å²) in [6.45, 7) is 3.44. The number of likely N-dealkylation sites (tertiary alicyclic amines) is 1. The number of hydrogen-bond acceptors (Lipinski definition) is 4. The van der Waals surface area contributed by atoms with Crippen molar-refractivity contribution in [3.05, 3.63) is 30.3 Å². The number of nitrogens with zero attached hydrogens (tertiary/aromatic N) is 2. The Kier molecular flexibility index (Phi) is 6.67. The van der Waals surface area contributed by atoms with Crippen LogP contribution in [0.2, 0.25) is 0 Å². The number of esters is 1. The summed E-state index contributed by atoms with van der Waals surface area (Å²) >= 11 is 0. The van der Waals surface area contributed by atoms with Crippen molar-refractivity contribution in [3.8, 4) is 0 Å². The van der Waals surface area contributed by atoms with Crippen LogP contribution in [-0.2, 0) is 14.3 Å². The third-order valence-electron chi connectivity index (χ3n) is 5.66. The Morgan fingerprint density at radius 1 is 1.12 bits per heavy atom. The minimum Gasteiger partial charge on any atom is -0.465 e. The summed E-state index contributed by atoms with van der Waals surface area (Å²) in [6, 6.07) is 9.96. The smallest absolute Gasteiger partial charge is 0.326 e. The molecule has 5 nitrogen and oxygen atoms in total. The largest absolute Gasteiger partial charge is 0.465 e. The zero-order valence-corrected chi connectivity index (χ0v) is 15.7. The molecule has 1 aromatic carbocycles. The van der Waals surface area contributed by atoms with Crippen molar-refractivity contribution in [1.29, 1.82) is 0 Å². The molecule has 1 aromatic rings. The normalized spacial score (nSPS) is 23.1. The number of hydrogen-bond donors (Lipinski definition) is 0. The third kappa shape index (κ3) is 4.64. The number of rotatable bonds is 6. The lowest BCUT2D eigenvalue weighted by molar-refractivity contribution is -0.142. The van der Waals surface area contributed by atoms with Crippen LogP contribution in [0.15, 0.2) is 30.3 Å². The number of amides is 1. The Hall–Kier alpha value is -1.88. The fourth-order valence-corrected chi connectivity index (χ4v) is 4.45. The summed E-state index contributed by atoms with van der Waals surface area (Å²) in [7, 11) is 0. The quantitative estimate of drug-likeness (QED) is 0.733. The fourth-order valence-electron chi connectivity index (χ4n) is 4.45. The minimum absolute atomic E-state index is 0.0181. The van der Waals surface area contributed by atoms with Crippen LogP contribution >= 0.6 is 0 Å². The van der Waals surface area contributed by atoms with Crippen molar-refractivity contribution in [2.24, 2.45) is 5.92 Å². The van der Waals surface area contributed by atoms with E-state index in [1.165, 1.54) is 32.1 Å². The zero-order valence-electron chi connectivity index (χ0n) is 15.7. The predicted octanol–water partition coefficient (Wildman–Crippen LogP) is 3.24. The molecule has 2 atom stereocenters. The molecule has 0 N–H and O–H groups in total. The monoisotopic (exact) mass is 358 g/mol. The lowest BCUT2D eigenvalue weighted by atomic mass is 9.78. The number of fused-ring (bicyclic) bond motifs is 1. The van der Waals surface area contributed by atoms with Crippen LogP contribution in [0, 0.1) is 5.92 Å². The van der Waals surface area contributed by atoms with Gasteiger partial charge in [0.15, 0.2) is 0 Å². The lowest BCUT2D eigenvalue weighted by Crippen LogP contribution is -2.51. The molecule has 3 rings (SSSR count). The van der Waals surface area contributed by atoms with Gasteiger partial charge in [0.05, 0.1) is 13.2 Å². The summed E-state index contributed by atoms with van der Waals surface area (Å²) < 4.78 is 5.07. The molecular formula is C21H30N2O3. The van der Waals surface area contributed by atoms with Gasteiger partial charge in [0.2, 0.25) is 5.91 Å². The van der Waals surface area contributed by atoms with Crippen LogP contribution in [-0.4, -0.2) is 49.1 Å². The molecular weight excluding hydrogens is 328 g/mol. The summed E-state index contributed by atoms with van der Waals surface area (Å²) in [5.41, 5.74) is 0.753. The van der Waals surface area contributed by atoms with Gasteiger partial charge in [-0.15, -0.1) is 0 Å². The highest BCUT2D eigenvalue weighted by Gasteiger charge is 2.35. The molecule has 1 heterocycles. The van der Waals surface area contributed by atoms with Gasteiger partial charge in [-0.2, -0.15) is 0 Å². The first-order chi connectivity index (χ1) is 12.7. The number of benzene rings is 1. The number of ether oxygens (including phenoxy) is 1. The van der Waals surface area contributed by atoms with Crippen LogP contribution in [0.25, 0.3) is 0 Å². The number of para-hydroxylation sites is 1. The highest BCUT2D eigenvalue weighted by atomic mass is 16.5. The molecule has 2 fully saturated rings. The first kappa shape index (κ1) is 18.9. The van der Waals surface area contributed by atoms with Crippen molar-refractivity contribution < 1.29 is 14.3 Å². The van der Waals surface area contributed by atoms with E-state index in [9.17, 15) is 9.59 Å². The van der Waals surface area contributed by atoms with Gasteiger partial charge in [-0.05, 0) is 57.2 Å². The number of piperidine rings is 1. The SMILES string of the molecule is CCOC(=O)CN(C(=O)CN1CCCC2CCCCC21)c1ccccc1. The topological polar surface area (TPSA) is 49.9 Å². The molecule has 142 valence electrons. The van der Waals surface area contributed by atoms with E-state index in [1.807, 2.05) is 30.3 Å². The van der Waals surface area contributed by atoms with Crippen LogP contribution in [0.5, 0.6) is 0 Å². The van der Waals surface area contributed by atoms with Crippen LogP contribution in [0.1, 0.15) is 45.4 Å². The van der Waals surface area contributed by atoms with Crippen LogP contribution < -0.4 is 4.90 Å². The van der Waals surface area contributed by atoms with Crippen molar-refractivity contribution in [3.63, 3.8) is 0 Å². The molecule has 1 saturated heterocycles. The zero-order chi connectivity index (χ0) is 18.4. The van der Waals surface area contributed by atoms with Gasteiger partial charge < -0.3 is 9.64 Å². The summed E-state index contributed by atoms with van der Waals surface area (Å²) in [4.78, 5) is 29.1. The molecule has 0 aromatic heterocycles. The van der Waals surface area contributed by atoms with Gasteiger partial charge in [0.25, 0.3) is 0 Å². The Morgan fingerprint density at radius 2 is 1.85 bits per heavy atom. The molecule has 5 heteroatoms. The van der Waals surface area contributed by atoms with E-state index >= 15 is 0 Å². The van der Waals surface area contributed by atoms with Gasteiger partial charge in [-0.3, -0.25) is 14.5 Å². The van der Waals surface area contributed by atoms with Crippen molar-refractivity contribution in [2.75, 3.05) is 31.1 Å². The van der Waals surface area contributed by atoms with E-state index in [0.717, 1.165) is 24.6 Å². The van der Waals surface area contributed by atoms with E-state index in [0.29, 0.717) is 19.2 Å². The average molecular weight is 358 g/mol. The maximum atomic E-state index is 13.1. The minimum atomic E-state index is -0.362. The molecule has 0 spiro atoms. The van der Waals surface area contributed by atoms with Gasteiger partial charge in [0.1, 0.15) is 6.54 Å². The first-order valence-corrected chi connectivity index (χ1v) is 9.94. The highest BCUT2D eigenvalue weighted by molar-refractivity contribution is 5.98. The molecule has 1 saturated carbocycles. The maximum Gasteiger partial charge on any atom is 0.326 e. The van der Waals surface area contributed by atoms with Gasteiger partial charge in [-0.25, -0.2) is 0 Å². The molecule has 26 heavy (non-hydrogen) atoms. The molecule has 2 aliphatic rings. The Balaban J connectivity index is 1.71. The number of carbonyl (C=O) groups excluding carboxylic acids is 2. The van der Waals surface area contributed by atoms with E-state index in [-0.39, 0.29) is 18.4 Å². The van der Waals surface area contributed by atoms with Gasteiger partial charge >= 0.3 is 5.97 Å². The number of anilines is 1. The van der Waals surface area contributed by atoms with Crippen molar-refractivity contribution in [2.45, 2.75) is 51.5 Å². The number of carbonyl (C=O) groups is 2. The van der Waals surface area contributed by atoms with Crippen LogP contribution in [0.3, 0.4) is 0 Å². The van der Waals surface area contributed by atoms with E-state index in [2.05, 4.69) is 4.90 Å². The molecule has 0 radical (unpaired) electrons. The highest BCUT2D eigenvalue weighted by Crippen LogP contribution is 2.35. The van der Waals surface area contributed by atoms with Crippen molar-refractivity contribution >= 4 is 17.6 Å². The standard InChI is InChI=1S/C21H30N2O3/c1-2-26-21(25)16-23(18-11-4-3-5-12-18)20(24)15-22-14-8-10-17-9-6-7-13-19(17)22/h3-5,11-12,17,19H,2,6-10,13-16H2,1H3. The Bertz CT molecular complexity index is 603. The van der Waals surface area contributed by atoms with Gasteiger partial charge in [0, 0.05) is 11.7 Å². The third-order valence-corrected chi connectivity index (χ3v) is 5.66. The maximum absolute atomic E-state index is 13.1. The Labute approximate surface area is 156 Å². The molecule has 2 unspecified atom stereocenters. The second-order valence-electron chi connectivity index (χ2n) is 7.35. The average Bonchev–Trinajstić information content (AvgIpc) is 2.67. The van der Waals surface area contributed by atoms with Gasteiger partial charge in [-0.1, -0.05) is 31.0 Å². The van der Waals surface area contributed by atoms with E-state index < -0.39 is 0 Å². The summed E-state index contributed by atoms with van der Waals surface area (Å²) in [5, 5.41) is 0. The van der Waals surface area contributed by atoms with E-state index in [1.54, 1.807) is 11.8 Å². The molecule has 0 bridgehead atoms. The lowest BCUT2D eigenvalue weighted by Gasteiger charge is -2.44. The fraction of sp³-hybridized carbons (Fsp3) is 0.619. The van der Waals surface area contributed by atoms with Crippen molar-refractivity contribution in [1.82, 2.24) is 4.90 Å². The molecule has 1 amide bonds. The summed E-state index contributed by atoms with van der Waals surface area (Å²) in [6.07, 6.45) is 7.53. The molecule has 1 aliphatic heterocycles. The van der Waals surface area contributed by atoms with Crippen LogP contribution in [0.4, 0.5) is 5.69 Å². The molecule has 1 aliphatic carbocycles. The van der Waals surface area contributed by atoms with E-state index in [4.69, 9.17) is 4.74 Å². The summed E-state index contributed by atoms with van der Waals surface area (Å²) in [5.74, 6) is 0.356. The predicted molar refractivity (Wildman–Crippen MR) is 102 cm³/mol. The second-order valence-corrected chi connectivity index (χ2v) is 7.35. The first-order valence-electron chi connectivity index (χ1n) is 9.94.